The van der Waals surface area contributed by atoms with Crippen LogP contribution >= 0.6 is 0 Å². The molecule has 186 valence electrons. The Hall–Kier alpha value is -2.63. The Morgan fingerprint density at radius 1 is 0.800 bits per heavy atom. The standard InChI is InChI=1S/C30H40N4O/c1-25(27-12-4-2-5-13-27)32-18-20-33(21-19-32)29-23-31(24-29)16-8-10-26-11-9-17-34(22-26)30(35)28-14-6-3-7-15-28/h2-7,12-15,26,29H,1,8-11,16-24H2. The third kappa shape index (κ3) is 5.96. The van der Waals surface area contributed by atoms with Gasteiger partial charge in [-0.15, -0.1) is 0 Å². The number of carbonyl (C=O) groups is 1. The number of carbonyl (C=O) groups excluding carboxylic acids is 1. The topological polar surface area (TPSA) is 30.0 Å². The highest BCUT2D eigenvalue weighted by Gasteiger charge is 2.33. The van der Waals surface area contributed by atoms with E-state index in [0.29, 0.717) is 5.92 Å². The fourth-order valence-electron chi connectivity index (χ4n) is 5.98. The molecule has 3 fully saturated rings. The van der Waals surface area contributed by atoms with E-state index in [9.17, 15) is 4.79 Å². The second kappa shape index (κ2) is 11.4. The van der Waals surface area contributed by atoms with Gasteiger partial charge in [-0.1, -0.05) is 55.1 Å². The second-order valence-electron chi connectivity index (χ2n) is 10.5. The first kappa shape index (κ1) is 24.1. The normalized spacial score (nSPS) is 22.1. The number of piperidine rings is 1. The molecular weight excluding hydrogens is 432 g/mol. The molecular formula is C30H40N4O. The lowest BCUT2D eigenvalue weighted by atomic mass is 9.92. The zero-order chi connectivity index (χ0) is 24.0. The first-order valence-electron chi connectivity index (χ1n) is 13.5. The summed E-state index contributed by atoms with van der Waals surface area (Å²) in [4.78, 5) is 22.6. The predicted octanol–water partition coefficient (Wildman–Crippen LogP) is 4.29. The lowest BCUT2D eigenvalue weighted by molar-refractivity contribution is 0.0125. The van der Waals surface area contributed by atoms with Crippen molar-refractivity contribution in [2.75, 3.05) is 58.9 Å². The molecule has 3 aliphatic heterocycles. The van der Waals surface area contributed by atoms with E-state index in [1.807, 2.05) is 30.3 Å². The molecule has 0 spiro atoms. The molecule has 0 aliphatic carbocycles. The number of rotatable bonds is 8. The van der Waals surface area contributed by atoms with Gasteiger partial charge in [0.1, 0.15) is 0 Å². The molecule has 0 aromatic heterocycles. The minimum atomic E-state index is 0.202. The number of likely N-dealkylation sites (tertiary alicyclic amines) is 2. The number of hydrogen-bond acceptors (Lipinski definition) is 4. The lowest BCUT2D eigenvalue weighted by Gasteiger charge is -2.49. The van der Waals surface area contributed by atoms with E-state index in [1.165, 1.54) is 44.5 Å². The molecule has 2 aromatic carbocycles. The summed E-state index contributed by atoms with van der Waals surface area (Å²) in [6.07, 6.45) is 4.88. The number of piperazine rings is 1. The van der Waals surface area contributed by atoms with Gasteiger partial charge < -0.3 is 14.7 Å². The molecule has 3 aliphatic rings. The van der Waals surface area contributed by atoms with Crippen molar-refractivity contribution >= 4 is 11.6 Å². The zero-order valence-corrected chi connectivity index (χ0v) is 21.0. The molecule has 1 atom stereocenters. The highest BCUT2D eigenvalue weighted by atomic mass is 16.2. The van der Waals surface area contributed by atoms with E-state index in [1.54, 1.807) is 0 Å². The molecule has 0 radical (unpaired) electrons. The third-order valence-electron chi connectivity index (χ3n) is 8.17. The summed E-state index contributed by atoms with van der Waals surface area (Å²) in [6.45, 7) is 14.2. The van der Waals surface area contributed by atoms with Gasteiger partial charge in [-0.2, -0.15) is 0 Å². The Morgan fingerprint density at radius 2 is 1.46 bits per heavy atom. The molecule has 0 N–H and O–H groups in total. The van der Waals surface area contributed by atoms with Crippen LogP contribution in [0.4, 0.5) is 0 Å². The summed E-state index contributed by atoms with van der Waals surface area (Å²) in [5.41, 5.74) is 3.22. The minimum Gasteiger partial charge on any atom is -0.369 e. The third-order valence-corrected chi connectivity index (χ3v) is 8.17. The quantitative estimate of drug-likeness (QED) is 0.573. The van der Waals surface area contributed by atoms with Crippen LogP contribution in [0, 0.1) is 5.92 Å². The van der Waals surface area contributed by atoms with Gasteiger partial charge in [0.05, 0.1) is 0 Å². The van der Waals surface area contributed by atoms with Crippen molar-refractivity contribution in [1.82, 2.24) is 19.6 Å². The van der Waals surface area contributed by atoms with Crippen molar-refractivity contribution < 1.29 is 4.79 Å². The van der Waals surface area contributed by atoms with Gasteiger partial charge in [-0.05, 0) is 55.8 Å². The first-order valence-corrected chi connectivity index (χ1v) is 13.5. The zero-order valence-electron chi connectivity index (χ0n) is 21.0. The summed E-state index contributed by atoms with van der Waals surface area (Å²) in [6, 6.07) is 21.0. The van der Waals surface area contributed by atoms with Crippen LogP contribution in [0.25, 0.3) is 5.70 Å². The summed E-state index contributed by atoms with van der Waals surface area (Å²) in [7, 11) is 0. The van der Waals surface area contributed by atoms with Gasteiger partial charge in [-0.25, -0.2) is 0 Å². The molecule has 1 unspecified atom stereocenters. The molecule has 2 aromatic rings. The number of hydrogen-bond donors (Lipinski definition) is 0. The van der Waals surface area contributed by atoms with Crippen LogP contribution < -0.4 is 0 Å². The van der Waals surface area contributed by atoms with E-state index in [2.05, 4.69) is 56.5 Å². The monoisotopic (exact) mass is 472 g/mol. The Balaban J connectivity index is 0.978. The highest BCUT2D eigenvalue weighted by Crippen LogP contribution is 2.25. The molecule has 0 saturated carbocycles. The molecule has 1 amide bonds. The van der Waals surface area contributed by atoms with Gasteiger partial charge in [0.15, 0.2) is 0 Å². The Bertz CT molecular complexity index is 964. The Kier molecular flexibility index (Phi) is 7.85. The van der Waals surface area contributed by atoms with Crippen LogP contribution in [0.1, 0.15) is 41.6 Å². The minimum absolute atomic E-state index is 0.202. The fraction of sp³-hybridized carbons (Fsp3) is 0.500. The van der Waals surface area contributed by atoms with Crippen LogP contribution in [0.5, 0.6) is 0 Å². The largest absolute Gasteiger partial charge is 0.369 e. The highest BCUT2D eigenvalue weighted by molar-refractivity contribution is 5.94. The van der Waals surface area contributed by atoms with Crippen LogP contribution in [0.15, 0.2) is 67.2 Å². The van der Waals surface area contributed by atoms with E-state index >= 15 is 0 Å². The maximum absolute atomic E-state index is 12.8. The van der Waals surface area contributed by atoms with Crippen LogP contribution in [-0.2, 0) is 0 Å². The predicted molar refractivity (Wildman–Crippen MR) is 143 cm³/mol. The lowest BCUT2D eigenvalue weighted by Crippen LogP contribution is -2.62. The van der Waals surface area contributed by atoms with Crippen molar-refractivity contribution in [1.29, 1.82) is 0 Å². The number of benzene rings is 2. The molecule has 5 rings (SSSR count). The van der Waals surface area contributed by atoms with Crippen molar-refractivity contribution in [3.8, 4) is 0 Å². The molecule has 35 heavy (non-hydrogen) atoms. The smallest absolute Gasteiger partial charge is 0.253 e. The summed E-state index contributed by atoms with van der Waals surface area (Å²) >= 11 is 0. The average molecular weight is 473 g/mol. The van der Waals surface area contributed by atoms with Crippen molar-refractivity contribution in [3.05, 3.63) is 78.4 Å². The van der Waals surface area contributed by atoms with Crippen molar-refractivity contribution in [3.63, 3.8) is 0 Å². The van der Waals surface area contributed by atoms with Crippen LogP contribution in [0.2, 0.25) is 0 Å². The summed E-state index contributed by atoms with van der Waals surface area (Å²) < 4.78 is 0. The second-order valence-corrected chi connectivity index (χ2v) is 10.5. The van der Waals surface area contributed by atoms with Crippen LogP contribution in [-0.4, -0.2) is 90.5 Å². The van der Waals surface area contributed by atoms with E-state index in [-0.39, 0.29) is 5.91 Å². The number of amides is 1. The van der Waals surface area contributed by atoms with Gasteiger partial charge in [-0.3, -0.25) is 9.69 Å². The number of nitrogens with zero attached hydrogens (tertiary/aromatic N) is 4. The Labute approximate surface area is 211 Å². The molecule has 5 heteroatoms. The Morgan fingerprint density at radius 3 is 2.14 bits per heavy atom. The maximum Gasteiger partial charge on any atom is 0.253 e. The van der Waals surface area contributed by atoms with E-state index in [4.69, 9.17) is 0 Å². The maximum atomic E-state index is 12.8. The summed E-state index contributed by atoms with van der Waals surface area (Å²) in [5, 5.41) is 0. The molecule has 3 saturated heterocycles. The van der Waals surface area contributed by atoms with Crippen LogP contribution in [0.3, 0.4) is 0 Å². The van der Waals surface area contributed by atoms with Crippen molar-refractivity contribution in [2.24, 2.45) is 5.92 Å². The first-order chi connectivity index (χ1) is 17.2. The summed E-state index contributed by atoms with van der Waals surface area (Å²) in [5.74, 6) is 0.854. The average Bonchev–Trinajstić information content (AvgIpc) is 2.90. The van der Waals surface area contributed by atoms with Gasteiger partial charge in [0.2, 0.25) is 0 Å². The van der Waals surface area contributed by atoms with Crippen molar-refractivity contribution in [2.45, 2.75) is 31.7 Å². The van der Waals surface area contributed by atoms with E-state index < -0.39 is 0 Å². The van der Waals surface area contributed by atoms with Gasteiger partial charge in [0, 0.05) is 69.7 Å². The molecule has 5 nitrogen and oxygen atoms in total. The molecule has 0 bridgehead atoms. The van der Waals surface area contributed by atoms with Gasteiger partial charge in [0.25, 0.3) is 5.91 Å². The van der Waals surface area contributed by atoms with Gasteiger partial charge >= 0.3 is 0 Å². The fourth-order valence-corrected chi connectivity index (χ4v) is 5.98. The SMILES string of the molecule is C=C(c1ccccc1)N1CCN(C2CN(CCCC3CCCN(C(=O)c4ccccc4)C3)C2)CC1. The molecule has 3 heterocycles. The van der Waals surface area contributed by atoms with E-state index in [0.717, 1.165) is 63.0 Å².